The third kappa shape index (κ3) is 4.92. The lowest BCUT2D eigenvalue weighted by atomic mass is 10.1. The fourth-order valence-electron chi connectivity index (χ4n) is 1.99. The predicted octanol–water partition coefficient (Wildman–Crippen LogP) is 2.96. The Balaban J connectivity index is 2.03. The first kappa shape index (κ1) is 11.4. The first-order valence-corrected chi connectivity index (χ1v) is 6.25. The highest BCUT2D eigenvalue weighted by molar-refractivity contribution is 7.80. The number of likely N-dealkylation sites (tertiary alicyclic amines) is 1. The molecule has 78 valence electrons. The van der Waals surface area contributed by atoms with Crippen LogP contribution < -0.4 is 0 Å². The van der Waals surface area contributed by atoms with E-state index in [4.69, 9.17) is 0 Å². The molecule has 0 aromatic rings. The molecule has 0 amide bonds. The molecule has 13 heavy (non-hydrogen) atoms. The van der Waals surface area contributed by atoms with Gasteiger partial charge in [-0.2, -0.15) is 12.6 Å². The fraction of sp³-hybridized carbons (Fsp3) is 1.00. The highest BCUT2D eigenvalue weighted by atomic mass is 32.1. The molecule has 1 nitrogen and oxygen atoms in total. The predicted molar refractivity (Wildman–Crippen MR) is 62.6 cm³/mol. The number of rotatable bonds is 5. The van der Waals surface area contributed by atoms with Gasteiger partial charge >= 0.3 is 0 Å². The highest BCUT2D eigenvalue weighted by Crippen LogP contribution is 2.13. The van der Waals surface area contributed by atoms with Crippen LogP contribution in [0.2, 0.25) is 0 Å². The Morgan fingerprint density at radius 2 is 1.85 bits per heavy atom. The van der Waals surface area contributed by atoms with Gasteiger partial charge in [0.05, 0.1) is 0 Å². The Morgan fingerprint density at radius 1 is 1.15 bits per heavy atom. The molecule has 1 atom stereocenters. The molecule has 2 heteroatoms. The van der Waals surface area contributed by atoms with E-state index >= 15 is 0 Å². The van der Waals surface area contributed by atoms with Gasteiger partial charge in [0.2, 0.25) is 0 Å². The summed E-state index contributed by atoms with van der Waals surface area (Å²) in [6.07, 6.45) is 8.08. The van der Waals surface area contributed by atoms with Crippen LogP contribution in [0.15, 0.2) is 0 Å². The van der Waals surface area contributed by atoms with Crippen LogP contribution in [-0.2, 0) is 0 Å². The van der Waals surface area contributed by atoms with Gasteiger partial charge in [-0.1, -0.05) is 19.8 Å². The first-order chi connectivity index (χ1) is 6.33. The van der Waals surface area contributed by atoms with E-state index in [0.717, 1.165) is 0 Å². The molecule has 0 N–H and O–H groups in total. The zero-order valence-electron chi connectivity index (χ0n) is 8.84. The Labute approximate surface area is 88.3 Å². The molecule has 0 bridgehead atoms. The van der Waals surface area contributed by atoms with E-state index in [1.54, 1.807) is 0 Å². The van der Waals surface area contributed by atoms with E-state index in [2.05, 4.69) is 24.5 Å². The lowest BCUT2D eigenvalue weighted by molar-refractivity contribution is 0.225. The van der Waals surface area contributed by atoms with Crippen LogP contribution in [-0.4, -0.2) is 29.8 Å². The van der Waals surface area contributed by atoms with Crippen molar-refractivity contribution in [2.24, 2.45) is 0 Å². The molecule has 0 aromatic heterocycles. The number of nitrogens with zero attached hydrogens (tertiary/aromatic N) is 1. The lowest BCUT2D eigenvalue weighted by Crippen LogP contribution is -2.31. The standard InChI is InChI=1S/C11H23NS/c1-2-6-11(13)7-10-12-8-4-3-5-9-12/h11,13H,2-10H2,1H3. The van der Waals surface area contributed by atoms with Crippen molar-refractivity contribution in [3.8, 4) is 0 Å². The monoisotopic (exact) mass is 201 g/mol. The third-order valence-corrected chi connectivity index (χ3v) is 3.37. The number of thiol groups is 1. The van der Waals surface area contributed by atoms with Crippen LogP contribution >= 0.6 is 12.6 Å². The normalized spacial score (nSPS) is 21.7. The molecule has 0 aliphatic carbocycles. The summed E-state index contributed by atoms with van der Waals surface area (Å²) in [5, 5.41) is 0.631. The summed E-state index contributed by atoms with van der Waals surface area (Å²) in [5.74, 6) is 0. The maximum Gasteiger partial charge on any atom is 0.00288 e. The third-order valence-electron chi connectivity index (χ3n) is 2.85. The molecule has 0 aromatic carbocycles. The van der Waals surface area contributed by atoms with E-state index in [0.29, 0.717) is 5.25 Å². The van der Waals surface area contributed by atoms with Crippen molar-refractivity contribution in [3.63, 3.8) is 0 Å². The summed E-state index contributed by atoms with van der Waals surface area (Å²) >= 11 is 4.58. The largest absolute Gasteiger partial charge is 0.303 e. The van der Waals surface area contributed by atoms with Gasteiger partial charge in [-0.3, -0.25) is 0 Å². The van der Waals surface area contributed by atoms with Crippen molar-refractivity contribution in [1.29, 1.82) is 0 Å². The topological polar surface area (TPSA) is 3.24 Å². The van der Waals surface area contributed by atoms with Crippen molar-refractivity contribution in [1.82, 2.24) is 4.90 Å². The van der Waals surface area contributed by atoms with Crippen LogP contribution in [0, 0.1) is 0 Å². The van der Waals surface area contributed by atoms with Crippen molar-refractivity contribution in [2.45, 2.75) is 50.7 Å². The second-order valence-corrected chi connectivity index (χ2v) is 4.86. The van der Waals surface area contributed by atoms with Gasteiger partial charge in [-0.25, -0.2) is 0 Å². The molecule has 1 fully saturated rings. The summed E-state index contributed by atoms with van der Waals surface area (Å²) in [7, 11) is 0. The van der Waals surface area contributed by atoms with Crippen LogP contribution in [0.4, 0.5) is 0 Å². The summed E-state index contributed by atoms with van der Waals surface area (Å²) < 4.78 is 0. The maximum absolute atomic E-state index is 4.58. The minimum absolute atomic E-state index is 0.631. The van der Waals surface area contributed by atoms with Crippen molar-refractivity contribution < 1.29 is 0 Å². The second kappa shape index (κ2) is 6.72. The molecular formula is C11H23NS. The highest BCUT2D eigenvalue weighted by Gasteiger charge is 2.10. The zero-order chi connectivity index (χ0) is 9.52. The number of hydrogen-bond acceptors (Lipinski definition) is 2. The average molecular weight is 201 g/mol. The summed E-state index contributed by atoms with van der Waals surface area (Å²) in [6, 6.07) is 0. The van der Waals surface area contributed by atoms with Crippen LogP contribution in [0.25, 0.3) is 0 Å². The summed E-state index contributed by atoms with van der Waals surface area (Å²) in [4.78, 5) is 2.60. The molecule has 0 spiro atoms. The molecule has 1 saturated heterocycles. The summed E-state index contributed by atoms with van der Waals surface area (Å²) in [6.45, 7) is 6.16. The van der Waals surface area contributed by atoms with Gasteiger partial charge in [-0.05, 0) is 45.3 Å². The van der Waals surface area contributed by atoms with Crippen LogP contribution in [0.3, 0.4) is 0 Å². The number of piperidine rings is 1. The van der Waals surface area contributed by atoms with Crippen molar-refractivity contribution in [3.05, 3.63) is 0 Å². The Bertz CT molecular complexity index is 121. The molecule has 1 heterocycles. The van der Waals surface area contributed by atoms with E-state index in [-0.39, 0.29) is 0 Å². The molecule has 1 rings (SSSR count). The fourth-order valence-corrected chi connectivity index (χ4v) is 2.37. The lowest BCUT2D eigenvalue weighted by Gasteiger charge is -2.27. The zero-order valence-corrected chi connectivity index (χ0v) is 9.73. The van der Waals surface area contributed by atoms with Gasteiger partial charge in [0, 0.05) is 5.25 Å². The average Bonchev–Trinajstić information content (AvgIpc) is 2.17. The molecule has 1 aliphatic rings. The van der Waals surface area contributed by atoms with E-state index in [1.165, 1.54) is 58.2 Å². The van der Waals surface area contributed by atoms with Crippen LogP contribution in [0.5, 0.6) is 0 Å². The van der Waals surface area contributed by atoms with Gasteiger partial charge in [0.25, 0.3) is 0 Å². The molecule has 1 unspecified atom stereocenters. The van der Waals surface area contributed by atoms with E-state index in [1.807, 2.05) is 0 Å². The van der Waals surface area contributed by atoms with Crippen LogP contribution in [0.1, 0.15) is 45.4 Å². The number of hydrogen-bond donors (Lipinski definition) is 1. The summed E-state index contributed by atoms with van der Waals surface area (Å²) in [5.41, 5.74) is 0. The first-order valence-electron chi connectivity index (χ1n) is 5.73. The molecule has 0 radical (unpaired) electrons. The Kier molecular flexibility index (Phi) is 5.88. The van der Waals surface area contributed by atoms with Gasteiger partial charge in [-0.15, -0.1) is 0 Å². The molecule has 0 saturated carbocycles. The smallest absolute Gasteiger partial charge is 0.00288 e. The minimum atomic E-state index is 0.631. The quantitative estimate of drug-likeness (QED) is 0.669. The van der Waals surface area contributed by atoms with E-state index < -0.39 is 0 Å². The Hall–Kier alpha value is 0.310. The van der Waals surface area contributed by atoms with Gasteiger partial charge in [0.1, 0.15) is 0 Å². The van der Waals surface area contributed by atoms with Gasteiger partial charge < -0.3 is 4.90 Å². The van der Waals surface area contributed by atoms with Crippen molar-refractivity contribution in [2.75, 3.05) is 19.6 Å². The minimum Gasteiger partial charge on any atom is -0.303 e. The Morgan fingerprint density at radius 3 is 2.46 bits per heavy atom. The molecule has 1 aliphatic heterocycles. The SMILES string of the molecule is CCCC(S)CCN1CCCCC1. The van der Waals surface area contributed by atoms with Crippen molar-refractivity contribution >= 4 is 12.6 Å². The van der Waals surface area contributed by atoms with Gasteiger partial charge in [0.15, 0.2) is 0 Å². The second-order valence-electron chi connectivity index (χ2n) is 4.13. The van der Waals surface area contributed by atoms with E-state index in [9.17, 15) is 0 Å². The maximum atomic E-state index is 4.58. The molecular weight excluding hydrogens is 178 g/mol.